The number of sulfonamides is 1. The van der Waals surface area contributed by atoms with Gasteiger partial charge in [-0.1, -0.05) is 24.3 Å². The molecule has 2 aromatic carbocycles. The average Bonchev–Trinajstić information content (AvgIpc) is 2.95. The lowest BCUT2D eigenvalue weighted by Crippen LogP contribution is -2.05. The molecule has 1 aromatic heterocycles. The number of nitrogens with zero attached hydrogens (tertiary/aromatic N) is 3. The van der Waals surface area contributed by atoms with Gasteiger partial charge in [0.25, 0.3) is 10.0 Å². The molecule has 114 valence electrons. The topological polar surface area (TPSA) is 89.4 Å². The maximum atomic E-state index is 12.7. The predicted molar refractivity (Wildman–Crippen MR) is 85.8 cm³/mol. The second-order valence-corrected chi connectivity index (χ2v) is 9.14. The Hall–Kier alpha value is -1.84. The van der Waals surface area contributed by atoms with Crippen molar-refractivity contribution in [2.75, 3.05) is 6.26 Å². The summed E-state index contributed by atoms with van der Waals surface area (Å²) in [5.41, 5.74) is 0.725. The molecule has 0 amide bonds. The third-order valence-electron chi connectivity index (χ3n) is 2.95. The fraction of sp³-hybridized carbons (Fsp3) is 0.0769. The lowest BCUT2D eigenvalue weighted by Gasteiger charge is -2.05. The van der Waals surface area contributed by atoms with Gasteiger partial charge in [0.2, 0.25) is 0 Å². The van der Waals surface area contributed by atoms with E-state index in [2.05, 4.69) is 12.5 Å². The van der Waals surface area contributed by atoms with E-state index < -0.39 is 19.8 Å². The zero-order valence-corrected chi connectivity index (χ0v) is 13.9. The first-order valence-corrected chi connectivity index (χ1v) is 10.2. The van der Waals surface area contributed by atoms with Crippen LogP contribution in [0, 0.1) is 0 Å². The van der Waals surface area contributed by atoms with E-state index in [-0.39, 0.29) is 10.4 Å². The number of rotatable bonds is 3. The molecule has 1 atom stereocenters. The predicted octanol–water partition coefficient (Wildman–Crippen LogP) is 2.54. The molecule has 3 aromatic rings. The molecular weight excluding hydrogens is 342 g/mol. The molecule has 0 bridgehead atoms. The van der Waals surface area contributed by atoms with Crippen molar-refractivity contribution in [2.45, 2.75) is 9.79 Å². The molecular formula is C13H11N3O3S3. The highest BCUT2D eigenvalue weighted by Crippen LogP contribution is 2.24. The zero-order valence-electron chi connectivity index (χ0n) is 11.4. The Kier molecular flexibility index (Phi) is 3.71. The Morgan fingerprint density at radius 1 is 0.955 bits per heavy atom. The van der Waals surface area contributed by atoms with Crippen LogP contribution in [-0.2, 0) is 19.8 Å². The Labute approximate surface area is 132 Å². The van der Waals surface area contributed by atoms with Gasteiger partial charge in [-0.05, 0) is 24.3 Å². The van der Waals surface area contributed by atoms with Crippen molar-refractivity contribution in [3.05, 3.63) is 48.5 Å². The summed E-state index contributed by atoms with van der Waals surface area (Å²) in [6.07, 6.45) is 1.30. The molecule has 0 N–H and O–H groups in total. The standard InChI is InChI=1S/C13H11N3O3S3/c1-21(17,10-6-3-2-4-7-10)16-22(18,19)12-9-5-8-11-13(12)15-20-14-11/h2-9H,1H3. The quantitative estimate of drug-likeness (QED) is 0.722. The maximum absolute atomic E-state index is 12.7. The van der Waals surface area contributed by atoms with Gasteiger partial charge < -0.3 is 0 Å². The summed E-state index contributed by atoms with van der Waals surface area (Å²) < 4.78 is 49.4. The zero-order chi connectivity index (χ0) is 15.8. The molecule has 3 rings (SSSR count). The lowest BCUT2D eigenvalue weighted by atomic mass is 10.3. The molecule has 6 nitrogen and oxygen atoms in total. The first kappa shape index (κ1) is 15.1. The number of benzene rings is 2. The van der Waals surface area contributed by atoms with E-state index in [1.54, 1.807) is 42.5 Å². The minimum Gasteiger partial charge on any atom is -0.244 e. The third kappa shape index (κ3) is 2.74. The molecule has 9 heteroatoms. The summed E-state index contributed by atoms with van der Waals surface area (Å²) in [5.74, 6) is 0. The summed E-state index contributed by atoms with van der Waals surface area (Å²) in [6.45, 7) is 0. The third-order valence-corrected chi connectivity index (χ3v) is 7.45. The Morgan fingerprint density at radius 2 is 1.68 bits per heavy atom. The summed E-state index contributed by atoms with van der Waals surface area (Å²) in [7, 11) is -7.18. The van der Waals surface area contributed by atoms with Crippen LogP contribution in [0.15, 0.2) is 62.1 Å². The van der Waals surface area contributed by atoms with Crippen LogP contribution in [0.25, 0.3) is 11.0 Å². The highest BCUT2D eigenvalue weighted by atomic mass is 32.3. The van der Waals surface area contributed by atoms with Gasteiger partial charge in [0.1, 0.15) is 15.9 Å². The normalized spacial score (nSPS) is 14.6. The van der Waals surface area contributed by atoms with Crippen LogP contribution in [0.5, 0.6) is 0 Å². The second kappa shape index (κ2) is 5.41. The molecule has 0 aliphatic heterocycles. The van der Waals surface area contributed by atoms with Crippen LogP contribution >= 0.6 is 11.7 Å². The van der Waals surface area contributed by atoms with Crippen molar-refractivity contribution in [3.8, 4) is 0 Å². The van der Waals surface area contributed by atoms with Gasteiger partial charge in [-0.3, -0.25) is 0 Å². The van der Waals surface area contributed by atoms with E-state index in [0.717, 1.165) is 11.7 Å². The fourth-order valence-corrected chi connectivity index (χ4v) is 6.01. The molecule has 0 aliphatic carbocycles. The van der Waals surface area contributed by atoms with Crippen LogP contribution < -0.4 is 0 Å². The molecule has 0 fully saturated rings. The summed E-state index contributed by atoms with van der Waals surface area (Å²) >= 11 is 0.920. The van der Waals surface area contributed by atoms with Gasteiger partial charge in [-0.2, -0.15) is 17.2 Å². The van der Waals surface area contributed by atoms with Gasteiger partial charge in [0.05, 0.1) is 21.5 Å². The average molecular weight is 353 g/mol. The van der Waals surface area contributed by atoms with Crippen molar-refractivity contribution >= 4 is 42.5 Å². The second-order valence-electron chi connectivity index (χ2n) is 4.55. The van der Waals surface area contributed by atoms with Crippen LogP contribution in [-0.4, -0.2) is 27.6 Å². The largest absolute Gasteiger partial charge is 0.292 e. The number of hydrogen-bond acceptors (Lipinski definition) is 6. The molecule has 1 heterocycles. The van der Waals surface area contributed by atoms with Crippen molar-refractivity contribution in [3.63, 3.8) is 0 Å². The first-order valence-electron chi connectivity index (χ1n) is 6.15. The van der Waals surface area contributed by atoms with Gasteiger partial charge in [-0.15, -0.1) is 3.77 Å². The van der Waals surface area contributed by atoms with Gasteiger partial charge in [0.15, 0.2) is 0 Å². The van der Waals surface area contributed by atoms with E-state index in [0.29, 0.717) is 10.4 Å². The van der Waals surface area contributed by atoms with E-state index in [1.165, 1.54) is 12.3 Å². The number of fused-ring (bicyclic) bond motifs is 1. The summed E-state index contributed by atoms with van der Waals surface area (Å²) in [5, 5.41) is 0. The molecule has 0 aliphatic rings. The summed E-state index contributed by atoms with van der Waals surface area (Å²) in [6, 6.07) is 12.9. The van der Waals surface area contributed by atoms with Gasteiger partial charge >= 0.3 is 0 Å². The van der Waals surface area contributed by atoms with Crippen molar-refractivity contribution in [1.82, 2.24) is 8.75 Å². The van der Waals surface area contributed by atoms with Gasteiger partial charge in [0, 0.05) is 11.2 Å². The van der Waals surface area contributed by atoms with Crippen LogP contribution in [0.3, 0.4) is 0 Å². The fourth-order valence-electron chi connectivity index (χ4n) is 1.93. The van der Waals surface area contributed by atoms with Crippen molar-refractivity contribution in [2.24, 2.45) is 3.77 Å². The van der Waals surface area contributed by atoms with Crippen LogP contribution in [0.1, 0.15) is 0 Å². The SMILES string of the molecule is CS(=O)(=NS(=O)(=O)c1cccc2nsnc12)c1ccccc1. The van der Waals surface area contributed by atoms with Crippen LogP contribution in [0.4, 0.5) is 0 Å². The minimum absolute atomic E-state index is 0.0794. The maximum Gasteiger partial charge on any atom is 0.292 e. The molecule has 0 radical (unpaired) electrons. The monoisotopic (exact) mass is 353 g/mol. The first-order chi connectivity index (χ1) is 10.4. The van der Waals surface area contributed by atoms with Crippen molar-refractivity contribution < 1.29 is 12.6 Å². The van der Waals surface area contributed by atoms with E-state index in [9.17, 15) is 12.6 Å². The Morgan fingerprint density at radius 3 is 2.41 bits per heavy atom. The molecule has 1 unspecified atom stereocenters. The summed E-state index contributed by atoms with van der Waals surface area (Å²) in [4.78, 5) is 0.284. The number of aromatic nitrogens is 2. The minimum atomic E-state index is -4.11. The van der Waals surface area contributed by atoms with Crippen molar-refractivity contribution in [1.29, 1.82) is 0 Å². The van der Waals surface area contributed by atoms with Crippen LogP contribution in [0.2, 0.25) is 0 Å². The molecule has 0 saturated carbocycles. The highest BCUT2D eigenvalue weighted by Gasteiger charge is 2.21. The van der Waals surface area contributed by atoms with E-state index in [1.807, 2.05) is 0 Å². The highest BCUT2D eigenvalue weighted by molar-refractivity contribution is 8.03. The molecule has 0 spiro atoms. The molecule has 0 saturated heterocycles. The van der Waals surface area contributed by atoms with Gasteiger partial charge in [-0.25, -0.2) is 4.21 Å². The van der Waals surface area contributed by atoms with E-state index in [4.69, 9.17) is 0 Å². The smallest absolute Gasteiger partial charge is 0.244 e. The Bertz CT molecular complexity index is 1050. The number of hydrogen-bond donors (Lipinski definition) is 0. The van der Waals surface area contributed by atoms with E-state index >= 15 is 0 Å². The Balaban J connectivity index is 2.21. The molecule has 22 heavy (non-hydrogen) atoms. The lowest BCUT2D eigenvalue weighted by molar-refractivity contribution is 0.598.